The summed E-state index contributed by atoms with van der Waals surface area (Å²) in [6.45, 7) is 5.93. The lowest BCUT2D eigenvalue weighted by Crippen LogP contribution is -2.54. The zero-order chi connectivity index (χ0) is 23.4. The molecule has 6 nitrogen and oxygen atoms in total. The number of para-hydroxylation sites is 1. The highest BCUT2D eigenvalue weighted by molar-refractivity contribution is 7.80. The molecule has 8 heteroatoms. The number of hydrogen-bond donors (Lipinski definition) is 1. The molecule has 0 spiro atoms. The lowest BCUT2D eigenvalue weighted by molar-refractivity contribution is -0.122. The third-order valence-corrected chi connectivity index (χ3v) is 5.74. The fraction of sp³-hybridized carbons (Fsp3) is 0.292. The summed E-state index contributed by atoms with van der Waals surface area (Å²) in [6.07, 6.45) is 2.93. The smallest absolute Gasteiger partial charge is 0.270 e. The number of nitrogens with zero attached hydrogens (tertiary/aromatic N) is 1. The van der Waals surface area contributed by atoms with E-state index in [0.717, 1.165) is 12.0 Å². The minimum Gasteiger partial charge on any atom is -0.493 e. The lowest BCUT2D eigenvalue weighted by atomic mass is 10.0. The van der Waals surface area contributed by atoms with Crippen LogP contribution in [-0.2, 0) is 16.0 Å². The van der Waals surface area contributed by atoms with Crippen LogP contribution in [0.4, 0.5) is 5.69 Å². The summed E-state index contributed by atoms with van der Waals surface area (Å²) in [5.74, 6) is -0.239. The van der Waals surface area contributed by atoms with Crippen LogP contribution < -0.4 is 19.7 Å². The molecule has 0 bridgehead atoms. The van der Waals surface area contributed by atoms with Gasteiger partial charge in [-0.2, -0.15) is 0 Å². The first-order valence-corrected chi connectivity index (χ1v) is 11.1. The number of benzene rings is 2. The summed E-state index contributed by atoms with van der Waals surface area (Å²) < 4.78 is 11.3. The summed E-state index contributed by atoms with van der Waals surface area (Å²) in [6, 6.07) is 10.8. The normalized spacial score (nSPS) is 16.2. The van der Waals surface area contributed by atoms with Gasteiger partial charge in [-0.25, -0.2) is 0 Å². The Hall–Kier alpha value is -2.90. The molecule has 1 aliphatic rings. The molecule has 1 heterocycles. The van der Waals surface area contributed by atoms with E-state index in [0.29, 0.717) is 34.2 Å². The molecule has 0 radical (unpaired) electrons. The van der Waals surface area contributed by atoms with Crippen LogP contribution in [0.5, 0.6) is 11.5 Å². The van der Waals surface area contributed by atoms with Gasteiger partial charge in [0.1, 0.15) is 5.57 Å². The summed E-state index contributed by atoms with van der Waals surface area (Å²) in [5, 5.41) is 2.98. The van der Waals surface area contributed by atoms with E-state index in [4.69, 9.17) is 33.3 Å². The van der Waals surface area contributed by atoms with Crippen molar-refractivity contribution in [3.8, 4) is 11.5 Å². The maximum Gasteiger partial charge on any atom is 0.270 e. The van der Waals surface area contributed by atoms with E-state index in [2.05, 4.69) is 5.32 Å². The van der Waals surface area contributed by atoms with Crippen LogP contribution in [0.3, 0.4) is 0 Å². The number of rotatable bonds is 7. The predicted molar refractivity (Wildman–Crippen MR) is 130 cm³/mol. The maximum absolute atomic E-state index is 13.3. The molecule has 168 valence electrons. The predicted octanol–water partition coefficient (Wildman–Crippen LogP) is 4.92. The largest absolute Gasteiger partial charge is 0.493 e. The van der Waals surface area contributed by atoms with Crippen LogP contribution in [0.2, 0.25) is 5.02 Å². The first kappa shape index (κ1) is 23.8. The first-order valence-electron chi connectivity index (χ1n) is 10.3. The Morgan fingerprint density at radius 1 is 1.22 bits per heavy atom. The van der Waals surface area contributed by atoms with Gasteiger partial charge in [0.25, 0.3) is 11.8 Å². The highest BCUT2D eigenvalue weighted by Gasteiger charge is 2.35. The van der Waals surface area contributed by atoms with Gasteiger partial charge in [0.05, 0.1) is 23.9 Å². The molecular weight excluding hydrogens is 448 g/mol. The number of nitrogens with one attached hydrogen (secondary N) is 1. The lowest BCUT2D eigenvalue weighted by Gasteiger charge is -2.30. The zero-order valence-corrected chi connectivity index (χ0v) is 20.0. The SMILES string of the molecule is CCc1ccccc1N1C(=O)C(=Cc2cc(Cl)c(OC(C)CC)c(OC)c2)C(=O)NC1=S. The number of hydrogen-bond acceptors (Lipinski definition) is 5. The highest BCUT2D eigenvalue weighted by atomic mass is 35.5. The van der Waals surface area contributed by atoms with Crippen molar-refractivity contribution in [3.63, 3.8) is 0 Å². The maximum atomic E-state index is 13.3. The van der Waals surface area contributed by atoms with Gasteiger partial charge in [0, 0.05) is 0 Å². The highest BCUT2D eigenvalue weighted by Crippen LogP contribution is 2.38. The number of ether oxygens (including phenoxy) is 2. The van der Waals surface area contributed by atoms with Crippen molar-refractivity contribution < 1.29 is 19.1 Å². The van der Waals surface area contributed by atoms with E-state index in [1.165, 1.54) is 18.1 Å². The van der Waals surface area contributed by atoms with E-state index in [9.17, 15) is 9.59 Å². The molecule has 1 saturated heterocycles. The molecule has 0 aliphatic carbocycles. The van der Waals surface area contributed by atoms with E-state index in [1.54, 1.807) is 18.2 Å². The van der Waals surface area contributed by atoms with Crippen molar-refractivity contribution in [1.29, 1.82) is 0 Å². The Balaban J connectivity index is 2.03. The van der Waals surface area contributed by atoms with Crippen LogP contribution in [0.25, 0.3) is 6.08 Å². The fourth-order valence-corrected chi connectivity index (χ4v) is 3.83. The Morgan fingerprint density at radius 3 is 2.59 bits per heavy atom. The molecule has 1 fully saturated rings. The van der Waals surface area contributed by atoms with Crippen molar-refractivity contribution >= 4 is 52.5 Å². The molecule has 2 aromatic rings. The monoisotopic (exact) mass is 472 g/mol. The zero-order valence-electron chi connectivity index (χ0n) is 18.4. The summed E-state index contributed by atoms with van der Waals surface area (Å²) in [4.78, 5) is 27.3. The van der Waals surface area contributed by atoms with Crippen molar-refractivity contribution in [3.05, 3.63) is 58.1 Å². The minimum atomic E-state index is -0.569. The standard InChI is InChI=1S/C24H25ClN2O4S/c1-5-14(3)31-21-18(25)12-15(13-20(21)30-4)11-17-22(28)26-24(32)27(23(17)29)19-10-8-7-9-16(19)6-2/h7-14H,5-6H2,1-4H3,(H,26,28,32). The number of anilines is 1. The van der Waals surface area contributed by atoms with Gasteiger partial charge in [0.2, 0.25) is 0 Å². The molecule has 1 aliphatic heterocycles. The number of halogens is 1. The number of thiocarbonyl (C=S) groups is 1. The van der Waals surface area contributed by atoms with Gasteiger partial charge >= 0.3 is 0 Å². The van der Waals surface area contributed by atoms with Crippen molar-refractivity contribution in [2.24, 2.45) is 0 Å². The molecule has 32 heavy (non-hydrogen) atoms. The van der Waals surface area contributed by atoms with Crippen molar-refractivity contribution in [2.75, 3.05) is 12.0 Å². The van der Waals surface area contributed by atoms with Gasteiger partial charge in [-0.15, -0.1) is 0 Å². The van der Waals surface area contributed by atoms with Crippen LogP contribution in [0, 0.1) is 0 Å². The Bertz CT molecular complexity index is 1100. The summed E-state index contributed by atoms with van der Waals surface area (Å²) in [7, 11) is 1.51. The molecule has 1 unspecified atom stereocenters. The van der Waals surface area contributed by atoms with Crippen molar-refractivity contribution in [1.82, 2.24) is 5.32 Å². The number of carbonyl (C=O) groups is 2. The third kappa shape index (κ3) is 4.79. The second-order valence-electron chi connectivity index (χ2n) is 7.31. The molecule has 2 aromatic carbocycles. The Morgan fingerprint density at radius 2 is 1.94 bits per heavy atom. The van der Waals surface area contributed by atoms with E-state index < -0.39 is 11.8 Å². The van der Waals surface area contributed by atoms with Crippen LogP contribution in [-0.4, -0.2) is 30.1 Å². The van der Waals surface area contributed by atoms with E-state index >= 15 is 0 Å². The van der Waals surface area contributed by atoms with E-state index in [1.807, 2.05) is 39.0 Å². The minimum absolute atomic E-state index is 0.0472. The molecule has 0 saturated carbocycles. The Kier molecular flexibility index (Phi) is 7.53. The van der Waals surface area contributed by atoms with Gasteiger partial charge in [-0.1, -0.05) is 43.6 Å². The number of methoxy groups -OCH3 is 1. The first-order chi connectivity index (χ1) is 15.3. The molecular formula is C24H25ClN2O4S. The van der Waals surface area contributed by atoms with Crippen molar-refractivity contribution in [2.45, 2.75) is 39.7 Å². The topological polar surface area (TPSA) is 67.9 Å². The average Bonchev–Trinajstić information content (AvgIpc) is 2.78. The quantitative estimate of drug-likeness (QED) is 0.352. The molecule has 1 atom stereocenters. The average molecular weight is 473 g/mol. The molecule has 2 amide bonds. The second-order valence-corrected chi connectivity index (χ2v) is 8.10. The van der Waals surface area contributed by atoms with Gasteiger partial charge in [0.15, 0.2) is 16.6 Å². The van der Waals surface area contributed by atoms with Crippen LogP contribution in [0.1, 0.15) is 38.3 Å². The second kappa shape index (κ2) is 10.1. The van der Waals surface area contributed by atoms with Gasteiger partial charge in [-0.05, 0) is 67.4 Å². The van der Waals surface area contributed by atoms with E-state index in [-0.39, 0.29) is 16.8 Å². The summed E-state index contributed by atoms with van der Waals surface area (Å²) >= 11 is 11.7. The number of aryl methyl sites for hydroxylation is 1. The molecule has 0 aromatic heterocycles. The Labute approximate surface area is 198 Å². The molecule has 3 rings (SSSR count). The van der Waals surface area contributed by atoms with Crippen LogP contribution >= 0.6 is 23.8 Å². The fourth-order valence-electron chi connectivity index (χ4n) is 3.29. The summed E-state index contributed by atoms with van der Waals surface area (Å²) in [5.41, 5.74) is 2.05. The van der Waals surface area contributed by atoms with Gasteiger partial charge < -0.3 is 9.47 Å². The molecule has 1 N–H and O–H groups in total. The number of amides is 2. The third-order valence-electron chi connectivity index (χ3n) is 5.17. The number of carbonyl (C=O) groups excluding carboxylic acids is 2. The van der Waals surface area contributed by atoms with Crippen LogP contribution in [0.15, 0.2) is 42.0 Å². The van der Waals surface area contributed by atoms with Gasteiger partial charge in [-0.3, -0.25) is 19.8 Å².